The van der Waals surface area contributed by atoms with Gasteiger partial charge in [0, 0.05) is 12.6 Å². The number of halogens is 1. The lowest BCUT2D eigenvalue weighted by atomic mass is 9.94. The summed E-state index contributed by atoms with van der Waals surface area (Å²) >= 11 is 3.48. The van der Waals surface area contributed by atoms with Gasteiger partial charge in [-0.3, -0.25) is 0 Å². The van der Waals surface area contributed by atoms with Crippen molar-refractivity contribution in [3.05, 3.63) is 16.7 Å². The molecule has 0 aromatic carbocycles. The Morgan fingerprint density at radius 2 is 2.15 bits per heavy atom. The minimum absolute atomic E-state index is 0.680. The number of anilines is 2. The summed E-state index contributed by atoms with van der Waals surface area (Å²) in [5.74, 6) is 0.875. The van der Waals surface area contributed by atoms with Gasteiger partial charge in [0.15, 0.2) is 0 Å². The quantitative estimate of drug-likeness (QED) is 0.778. The molecule has 5 heteroatoms. The minimum atomic E-state index is 0.680. The Labute approximate surface area is 130 Å². The molecule has 0 unspecified atom stereocenters. The molecule has 1 aromatic rings. The number of pyridine rings is 1. The van der Waals surface area contributed by atoms with Crippen LogP contribution in [-0.4, -0.2) is 36.1 Å². The van der Waals surface area contributed by atoms with Gasteiger partial charge in [-0.1, -0.05) is 19.3 Å². The van der Waals surface area contributed by atoms with Crippen molar-refractivity contribution in [3.63, 3.8) is 0 Å². The minimum Gasteiger partial charge on any atom is -0.397 e. The molecule has 1 heterocycles. The highest BCUT2D eigenvalue weighted by atomic mass is 79.9. The van der Waals surface area contributed by atoms with Crippen LogP contribution in [0.25, 0.3) is 0 Å². The molecule has 0 atom stereocenters. The van der Waals surface area contributed by atoms with Crippen LogP contribution in [0.2, 0.25) is 0 Å². The van der Waals surface area contributed by atoms with Gasteiger partial charge in [-0.2, -0.15) is 0 Å². The van der Waals surface area contributed by atoms with Gasteiger partial charge in [-0.15, -0.1) is 0 Å². The molecule has 1 aliphatic rings. The van der Waals surface area contributed by atoms with Crippen molar-refractivity contribution in [2.75, 3.05) is 31.2 Å². The normalized spacial score (nSPS) is 16.6. The summed E-state index contributed by atoms with van der Waals surface area (Å²) in [6.45, 7) is 2.08. The van der Waals surface area contributed by atoms with E-state index in [9.17, 15) is 0 Å². The molecule has 0 amide bonds. The molecule has 1 fully saturated rings. The van der Waals surface area contributed by atoms with Gasteiger partial charge in [0.25, 0.3) is 0 Å². The van der Waals surface area contributed by atoms with Crippen molar-refractivity contribution in [1.29, 1.82) is 0 Å². The molecule has 4 nitrogen and oxygen atoms in total. The second kappa shape index (κ2) is 7.84. The average molecular weight is 341 g/mol. The number of nitrogens with zero attached hydrogens (tertiary/aromatic N) is 2. The first-order chi connectivity index (χ1) is 9.66. The van der Waals surface area contributed by atoms with E-state index in [4.69, 9.17) is 5.73 Å². The van der Waals surface area contributed by atoms with Crippen LogP contribution in [0.3, 0.4) is 0 Å². The summed E-state index contributed by atoms with van der Waals surface area (Å²) in [6.07, 6.45) is 9.77. The summed E-state index contributed by atoms with van der Waals surface area (Å²) in [5.41, 5.74) is 6.36. The van der Waals surface area contributed by atoms with Crippen LogP contribution in [-0.2, 0) is 0 Å². The zero-order valence-electron chi connectivity index (χ0n) is 12.2. The number of rotatable bonds is 6. The van der Waals surface area contributed by atoms with Gasteiger partial charge in [-0.05, 0) is 54.9 Å². The second-order valence-corrected chi connectivity index (χ2v) is 6.51. The van der Waals surface area contributed by atoms with Crippen molar-refractivity contribution >= 4 is 27.4 Å². The Morgan fingerprint density at radius 1 is 1.40 bits per heavy atom. The van der Waals surface area contributed by atoms with E-state index in [0.717, 1.165) is 35.8 Å². The molecule has 20 heavy (non-hydrogen) atoms. The molecule has 1 aliphatic carbocycles. The van der Waals surface area contributed by atoms with E-state index in [1.165, 1.54) is 32.1 Å². The fourth-order valence-corrected chi connectivity index (χ4v) is 3.33. The summed E-state index contributed by atoms with van der Waals surface area (Å²) in [5, 5.41) is 3.36. The molecule has 0 saturated heterocycles. The predicted octanol–water partition coefficient (Wildman–Crippen LogP) is 3.49. The van der Waals surface area contributed by atoms with E-state index in [1.807, 2.05) is 6.07 Å². The highest BCUT2D eigenvalue weighted by molar-refractivity contribution is 9.10. The first-order valence-electron chi connectivity index (χ1n) is 7.52. The van der Waals surface area contributed by atoms with E-state index < -0.39 is 0 Å². The number of hydrogen-bond donors (Lipinski definition) is 2. The lowest BCUT2D eigenvalue weighted by molar-refractivity contribution is 0.191. The lowest BCUT2D eigenvalue weighted by Gasteiger charge is -2.31. The number of nitrogens with one attached hydrogen (secondary N) is 1. The third kappa shape index (κ3) is 4.63. The zero-order chi connectivity index (χ0) is 14.4. The molecule has 3 N–H and O–H groups in total. The summed E-state index contributed by atoms with van der Waals surface area (Å²) < 4.78 is 0.929. The van der Waals surface area contributed by atoms with Gasteiger partial charge in [0.05, 0.1) is 16.4 Å². The van der Waals surface area contributed by atoms with Crippen LogP contribution in [0, 0.1) is 0 Å². The van der Waals surface area contributed by atoms with E-state index in [0.29, 0.717) is 5.69 Å². The lowest BCUT2D eigenvalue weighted by Crippen LogP contribution is -2.34. The summed E-state index contributed by atoms with van der Waals surface area (Å²) in [4.78, 5) is 6.81. The Balaban J connectivity index is 1.68. The first kappa shape index (κ1) is 15.6. The molecule has 0 spiro atoms. The Bertz CT molecular complexity index is 418. The van der Waals surface area contributed by atoms with Crippen LogP contribution in [0.4, 0.5) is 11.5 Å². The molecule has 112 valence electrons. The maximum Gasteiger partial charge on any atom is 0.140 e. The number of nitrogens with two attached hydrogens (primary N) is 1. The third-order valence-corrected chi connectivity index (χ3v) is 4.64. The van der Waals surface area contributed by atoms with Crippen LogP contribution in [0.15, 0.2) is 16.7 Å². The van der Waals surface area contributed by atoms with Crippen molar-refractivity contribution in [1.82, 2.24) is 9.88 Å². The Morgan fingerprint density at radius 3 is 2.85 bits per heavy atom. The average Bonchev–Trinajstić information content (AvgIpc) is 2.46. The number of aromatic nitrogens is 1. The van der Waals surface area contributed by atoms with Crippen LogP contribution >= 0.6 is 15.9 Å². The van der Waals surface area contributed by atoms with Crippen molar-refractivity contribution in [2.45, 2.75) is 44.6 Å². The molecule has 1 saturated carbocycles. The van der Waals surface area contributed by atoms with Crippen molar-refractivity contribution in [2.24, 2.45) is 0 Å². The highest BCUT2D eigenvalue weighted by Gasteiger charge is 2.17. The maximum atomic E-state index is 5.68. The van der Waals surface area contributed by atoms with Crippen LogP contribution in [0.1, 0.15) is 38.5 Å². The van der Waals surface area contributed by atoms with Gasteiger partial charge in [0.2, 0.25) is 0 Å². The van der Waals surface area contributed by atoms with E-state index in [1.54, 1.807) is 6.20 Å². The first-order valence-corrected chi connectivity index (χ1v) is 8.31. The standard InChI is InChI=1S/C15H25BrN4/c1-20(13-6-3-2-4-7-13)9-5-8-18-15-14(16)10-12(17)11-19-15/h10-11,13H,2-9,17H2,1H3,(H,18,19). The van der Waals surface area contributed by atoms with E-state index in [-0.39, 0.29) is 0 Å². The summed E-state index contributed by atoms with van der Waals surface area (Å²) in [6, 6.07) is 2.67. The molecular formula is C15H25BrN4. The topological polar surface area (TPSA) is 54.2 Å². The van der Waals surface area contributed by atoms with E-state index >= 15 is 0 Å². The largest absolute Gasteiger partial charge is 0.397 e. The van der Waals surface area contributed by atoms with Crippen molar-refractivity contribution < 1.29 is 0 Å². The maximum absolute atomic E-state index is 5.68. The van der Waals surface area contributed by atoms with Gasteiger partial charge in [-0.25, -0.2) is 4.98 Å². The molecule has 2 rings (SSSR count). The Kier molecular flexibility index (Phi) is 6.10. The highest BCUT2D eigenvalue weighted by Crippen LogP contribution is 2.23. The predicted molar refractivity (Wildman–Crippen MR) is 89.0 cm³/mol. The molecule has 1 aromatic heterocycles. The fourth-order valence-electron chi connectivity index (χ4n) is 2.82. The van der Waals surface area contributed by atoms with Crippen molar-refractivity contribution in [3.8, 4) is 0 Å². The SMILES string of the molecule is CN(CCCNc1ncc(N)cc1Br)C1CCCCC1. The summed E-state index contributed by atoms with van der Waals surface area (Å²) in [7, 11) is 2.26. The smallest absolute Gasteiger partial charge is 0.140 e. The molecular weight excluding hydrogens is 316 g/mol. The van der Waals surface area contributed by atoms with E-state index in [2.05, 4.69) is 38.2 Å². The fraction of sp³-hybridized carbons (Fsp3) is 0.667. The number of hydrogen-bond acceptors (Lipinski definition) is 4. The third-order valence-electron chi connectivity index (χ3n) is 4.04. The molecule has 0 bridgehead atoms. The van der Waals surface area contributed by atoms with Gasteiger partial charge in [0.1, 0.15) is 5.82 Å². The monoisotopic (exact) mass is 340 g/mol. The van der Waals surface area contributed by atoms with Crippen LogP contribution in [0.5, 0.6) is 0 Å². The second-order valence-electron chi connectivity index (χ2n) is 5.65. The number of nitrogen functional groups attached to an aromatic ring is 1. The van der Waals surface area contributed by atoms with Gasteiger partial charge < -0.3 is 16.0 Å². The van der Waals surface area contributed by atoms with Crippen LogP contribution < -0.4 is 11.1 Å². The van der Waals surface area contributed by atoms with Gasteiger partial charge >= 0.3 is 0 Å². The molecule has 0 radical (unpaired) electrons. The zero-order valence-corrected chi connectivity index (χ0v) is 13.8. The Hall–Kier alpha value is -0.810. The molecule has 0 aliphatic heterocycles.